The van der Waals surface area contributed by atoms with Crippen molar-refractivity contribution in [2.75, 3.05) is 13.7 Å². The summed E-state index contributed by atoms with van der Waals surface area (Å²) < 4.78 is 5.44. The van der Waals surface area contributed by atoms with Crippen LogP contribution in [-0.4, -0.2) is 36.0 Å². The zero-order valence-electron chi connectivity index (χ0n) is 16.9. The summed E-state index contributed by atoms with van der Waals surface area (Å²) in [5.41, 5.74) is 3.10. The molecule has 4 rings (SSSR count). The van der Waals surface area contributed by atoms with Crippen molar-refractivity contribution in [2.45, 2.75) is 37.1 Å². The van der Waals surface area contributed by atoms with E-state index >= 15 is 0 Å². The van der Waals surface area contributed by atoms with Crippen LogP contribution >= 0.6 is 0 Å². The third-order valence-electron chi connectivity index (χ3n) is 6.13. The van der Waals surface area contributed by atoms with Gasteiger partial charge in [-0.15, -0.1) is 0 Å². The van der Waals surface area contributed by atoms with Crippen LogP contribution in [0.3, 0.4) is 0 Å². The summed E-state index contributed by atoms with van der Waals surface area (Å²) in [7, 11) is 1.59. The third-order valence-corrected chi connectivity index (χ3v) is 6.13. The summed E-state index contributed by atoms with van der Waals surface area (Å²) in [6, 6.07) is 31.9. The maximum atomic E-state index is 10.8. The number of ether oxygens (including phenoxy) is 1. The summed E-state index contributed by atoms with van der Waals surface area (Å²) in [6.45, 7) is 0.893. The molecule has 1 unspecified atom stereocenters. The molecular weight excluding hydrogens is 358 g/mol. The molecule has 0 radical (unpaired) electrons. The second-order valence-electron chi connectivity index (χ2n) is 7.69. The Morgan fingerprint density at radius 1 is 0.793 bits per heavy atom. The predicted octanol–water partition coefficient (Wildman–Crippen LogP) is 4.80. The molecule has 0 saturated carbocycles. The highest BCUT2D eigenvalue weighted by Crippen LogP contribution is 2.45. The highest BCUT2D eigenvalue weighted by Gasteiger charge is 2.47. The van der Waals surface area contributed by atoms with Gasteiger partial charge in [-0.3, -0.25) is 4.90 Å². The van der Waals surface area contributed by atoms with E-state index in [1.54, 1.807) is 7.11 Å². The quantitative estimate of drug-likeness (QED) is 0.487. The molecule has 2 atom stereocenters. The smallest absolute Gasteiger partial charge is 0.169 e. The van der Waals surface area contributed by atoms with Crippen LogP contribution in [0.25, 0.3) is 0 Å². The highest BCUT2D eigenvalue weighted by atomic mass is 16.6. The van der Waals surface area contributed by atoms with E-state index < -0.39 is 11.8 Å². The van der Waals surface area contributed by atoms with Crippen molar-refractivity contribution >= 4 is 0 Å². The van der Waals surface area contributed by atoms with E-state index in [4.69, 9.17) is 4.74 Å². The zero-order chi connectivity index (χ0) is 20.1. The van der Waals surface area contributed by atoms with E-state index in [-0.39, 0.29) is 6.04 Å². The van der Waals surface area contributed by atoms with Crippen LogP contribution in [0.2, 0.25) is 0 Å². The van der Waals surface area contributed by atoms with Crippen molar-refractivity contribution < 1.29 is 9.84 Å². The van der Waals surface area contributed by atoms with Crippen LogP contribution in [0.5, 0.6) is 0 Å². The maximum absolute atomic E-state index is 10.8. The van der Waals surface area contributed by atoms with Gasteiger partial charge in [0.05, 0.1) is 11.6 Å². The van der Waals surface area contributed by atoms with Crippen molar-refractivity contribution in [2.24, 2.45) is 0 Å². The van der Waals surface area contributed by atoms with Gasteiger partial charge in [-0.2, -0.15) is 0 Å². The molecule has 3 nitrogen and oxygen atoms in total. The molecule has 3 aromatic rings. The number of rotatable bonds is 6. The van der Waals surface area contributed by atoms with Gasteiger partial charge in [0.2, 0.25) is 0 Å². The van der Waals surface area contributed by atoms with Gasteiger partial charge in [0, 0.05) is 13.7 Å². The molecule has 3 heteroatoms. The van der Waals surface area contributed by atoms with Gasteiger partial charge in [0.25, 0.3) is 0 Å². The number of hydrogen-bond donors (Lipinski definition) is 1. The van der Waals surface area contributed by atoms with Crippen molar-refractivity contribution in [3.05, 3.63) is 108 Å². The molecule has 1 aliphatic rings. The minimum Gasteiger partial charge on any atom is -0.367 e. The summed E-state index contributed by atoms with van der Waals surface area (Å²) in [4.78, 5) is 2.46. The molecule has 0 bridgehead atoms. The average Bonchev–Trinajstić information content (AvgIpc) is 2.82. The van der Waals surface area contributed by atoms with E-state index in [1.807, 2.05) is 0 Å². The lowest BCUT2D eigenvalue weighted by atomic mass is 9.73. The molecule has 1 fully saturated rings. The summed E-state index contributed by atoms with van der Waals surface area (Å²) in [5, 5.41) is 10.8. The number of aliphatic hydroxyl groups is 1. The van der Waals surface area contributed by atoms with Crippen molar-refractivity contribution in [1.82, 2.24) is 4.90 Å². The van der Waals surface area contributed by atoms with Gasteiger partial charge in [-0.05, 0) is 29.5 Å². The Labute approximate surface area is 173 Å². The molecule has 150 valence electrons. The number of methoxy groups -OCH3 is 1. The number of likely N-dealkylation sites (tertiary alicyclic amines) is 1. The molecule has 0 amide bonds. The Bertz CT molecular complexity index is 786. The molecule has 1 saturated heterocycles. The maximum Gasteiger partial charge on any atom is 0.169 e. The summed E-state index contributed by atoms with van der Waals surface area (Å²) >= 11 is 0. The lowest BCUT2D eigenvalue weighted by molar-refractivity contribution is -0.146. The van der Waals surface area contributed by atoms with Crippen molar-refractivity contribution in [3.8, 4) is 0 Å². The molecule has 1 N–H and O–H groups in total. The Morgan fingerprint density at radius 2 is 1.24 bits per heavy atom. The van der Waals surface area contributed by atoms with Crippen LogP contribution in [0.15, 0.2) is 91.0 Å². The number of hydrogen-bond acceptors (Lipinski definition) is 3. The molecule has 1 aliphatic heterocycles. The van der Waals surface area contributed by atoms with E-state index in [1.165, 1.54) is 16.7 Å². The first-order chi connectivity index (χ1) is 14.3. The molecule has 3 aromatic carbocycles. The fourth-order valence-corrected chi connectivity index (χ4v) is 4.86. The SMILES string of the molecule is COC(O)[C@@H]1CCCCN1C(c1ccccc1)(c1ccccc1)c1ccccc1. The monoisotopic (exact) mass is 387 g/mol. The highest BCUT2D eigenvalue weighted by molar-refractivity contribution is 5.50. The van der Waals surface area contributed by atoms with E-state index in [2.05, 4.69) is 95.9 Å². The fourth-order valence-electron chi connectivity index (χ4n) is 4.86. The topological polar surface area (TPSA) is 32.7 Å². The zero-order valence-corrected chi connectivity index (χ0v) is 16.9. The summed E-state index contributed by atoms with van der Waals surface area (Å²) in [6.07, 6.45) is 2.27. The first-order valence-electron chi connectivity index (χ1n) is 10.4. The van der Waals surface area contributed by atoms with Gasteiger partial charge in [0.1, 0.15) is 0 Å². The fraction of sp³-hybridized carbons (Fsp3) is 0.308. The average molecular weight is 388 g/mol. The second kappa shape index (κ2) is 8.91. The minimum atomic E-state index is -0.828. The number of nitrogens with zero attached hydrogens (tertiary/aromatic N) is 1. The Balaban J connectivity index is 2.02. The van der Waals surface area contributed by atoms with E-state index in [0.717, 1.165) is 25.8 Å². The van der Waals surface area contributed by atoms with Crippen LogP contribution in [0, 0.1) is 0 Å². The van der Waals surface area contributed by atoms with Crippen LogP contribution < -0.4 is 0 Å². The lowest BCUT2D eigenvalue weighted by Gasteiger charge is -2.51. The molecule has 0 spiro atoms. The largest absolute Gasteiger partial charge is 0.367 e. The first-order valence-corrected chi connectivity index (χ1v) is 10.4. The second-order valence-corrected chi connectivity index (χ2v) is 7.69. The Morgan fingerprint density at radius 3 is 1.66 bits per heavy atom. The van der Waals surface area contributed by atoms with Gasteiger partial charge >= 0.3 is 0 Å². The van der Waals surface area contributed by atoms with Crippen LogP contribution in [0.4, 0.5) is 0 Å². The Hall–Kier alpha value is -2.46. The first kappa shape index (κ1) is 19.8. The molecular formula is C26H29NO2. The number of benzene rings is 3. The van der Waals surface area contributed by atoms with E-state index in [9.17, 15) is 5.11 Å². The molecule has 1 heterocycles. The van der Waals surface area contributed by atoms with E-state index in [0.29, 0.717) is 0 Å². The van der Waals surface area contributed by atoms with Gasteiger partial charge in [-0.25, -0.2) is 0 Å². The predicted molar refractivity (Wildman–Crippen MR) is 117 cm³/mol. The van der Waals surface area contributed by atoms with Gasteiger partial charge < -0.3 is 9.84 Å². The van der Waals surface area contributed by atoms with Crippen molar-refractivity contribution in [1.29, 1.82) is 0 Å². The van der Waals surface area contributed by atoms with Crippen molar-refractivity contribution in [3.63, 3.8) is 0 Å². The Kier molecular flexibility index (Phi) is 6.10. The minimum absolute atomic E-state index is 0.0885. The molecule has 29 heavy (non-hydrogen) atoms. The summed E-state index contributed by atoms with van der Waals surface area (Å²) in [5.74, 6) is 0. The standard InChI is InChI=1S/C26H29NO2/c1-29-25(28)24-19-11-12-20-27(24)26(21-13-5-2-6-14-21,22-15-7-3-8-16-22)23-17-9-4-10-18-23/h2-10,13-18,24-25,28H,11-12,19-20H2,1H3/t24-,25?/m0/s1. The normalized spacial score (nSPS) is 19.0. The van der Waals surface area contributed by atoms with Gasteiger partial charge in [0.15, 0.2) is 6.29 Å². The molecule has 0 aliphatic carbocycles. The number of piperidine rings is 1. The number of aliphatic hydroxyl groups excluding tert-OH is 1. The van der Waals surface area contributed by atoms with Crippen LogP contribution in [0.1, 0.15) is 36.0 Å². The van der Waals surface area contributed by atoms with Gasteiger partial charge in [-0.1, -0.05) is 97.4 Å². The molecule has 0 aromatic heterocycles. The van der Waals surface area contributed by atoms with Crippen LogP contribution in [-0.2, 0) is 10.3 Å². The third kappa shape index (κ3) is 3.62. The lowest BCUT2D eigenvalue weighted by Crippen LogP contribution is -2.58.